The number of hydrogen-bond donors (Lipinski definition) is 0. The van der Waals surface area contributed by atoms with Crippen LogP contribution in [0.3, 0.4) is 0 Å². The van der Waals surface area contributed by atoms with Crippen LogP contribution in [0, 0.1) is 11.6 Å². The molecule has 0 N–H and O–H groups in total. The fourth-order valence-corrected chi connectivity index (χ4v) is 4.49. The lowest BCUT2D eigenvalue weighted by molar-refractivity contribution is 0.00578. The summed E-state index contributed by atoms with van der Waals surface area (Å²) in [5, 5.41) is 0. The molecule has 32 heavy (non-hydrogen) atoms. The van der Waals surface area contributed by atoms with Crippen molar-refractivity contribution in [3.05, 3.63) is 59.8 Å². The Morgan fingerprint density at radius 2 is 1.78 bits per heavy atom. The highest BCUT2D eigenvalue weighted by Crippen LogP contribution is 2.38. The Bertz CT molecular complexity index is 1170. The van der Waals surface area contributed by atoms with Crippen molar-refractivity contribution >= 4 is 29.4 Å². The Morgan fingerprint density at radius 3 is 2.53 bits per heavy atom. The zero-order valence-corrected chi connectivity index (χ0v) is 18.7. The third-order valence-electron chi connectivity index (χ3n) is 6.97. The molecule has 2 saturated heterocycles. The van der Waals surface area contributed by atoms with Crippen LogP contribution in [0.5, 0.6) is 0 Å². The predicted molar refractivity (Wildman–Crippen MR) is 121 cm³/mol. The first-order valence-corrected chi connectivity index (χ1v) is 11.0. The summed E-state index contributed by atoms with van der Waals surface area (Å²) in [6, 6.07) is 9.02. The van der Waals surface area contributed by atoms with E-state index >= 15 is 0 Å². The molecule has 8 heteroatoms. The van der Waals surface area contributed by atoms with Gasteiger partial charge in [-0.2, -0.15) is 0 Å². The summed E-state index contributed by atoms with van der Waals surface area (Å²) in [4.78, 5) is 11.4. The number of anilines is 1. The molecule has 0 amide bonds. The second kappa shape index (κ2) is 7.49. The number of nitrogens with zero attached hydrogens (tertiary/aromatic N) is 3. The lowest BCUT2D eigenvalue weighted by Gasteiger charge is -2.32. The maximum atomic E-state index is 14.5. The van der Waals surface area contributed by atoms with Crippen LogP contribution in [0.15, 0.2) is 42.6 Å². The molecule has 4 heterocycles. The number of benzene rings is 1. The van der Waals surface area contributed by atoms with Crippen molar-refractivity contribution in [2.45, 2.75) is 57.8 Å². The van der Waals surface area contributed by atoms with Gasteiger partial charge in [0.25, 0.3) is 0 Å². The number of halogens is 2. The lowest BCUT2D eigenvalue weighted by atomic mass is 9.78. The molecule has 5 nitrogen and oxygen atoms in total. The highest BCUT2D eigenvalue weighted by atomic mass is 19.1. The van der Waals surface area contributed by atoms with Gasteiger partial charge in [0.15, 0.2) is 0 Å². The molecule has 2 aliphatic rings. The van der Waals surface area contributed by atoms with Crippen molar-refractivity contribution in [2.24, 2.45) is 0 Å². The normalized spacial score (nSPS) is 22.1. The minimum absolute atomic E-state index is 0.271. The molecule has 0 radical (unpaired) electrons. The molecule has 2 aromatic heterocycles. The molecule has 2 aliphatic heterocycles. The van der Waals surface area contributed by atoms with Gasteiger partial charge in [0.05, 0.1) is 28.3 Å². The smallest absolute Gasteiger partial charge is 0.399 e. The largest absolute Gasteiger partial charge is 0.497 e. The van der Waals surface area contributed by atoms with Crippen LogP contribution in [0.2, 0.25) is 0 Å². The molecular weight excluding hydrogens is 411 g/mol. The summed E-state index contributed by atoms with van der Waals surface area (Å²) in [7, 11) is -0.566. The van der Waals surface area contributed by atoms with Gasteiger partial charge >= 0.3 is 7.12 Å². The van der Waals surface area contributed by atoms with Gasteiger partial charge in [-0.3, -0.25) is 4.98 Å². The quantitative estimate of drug-likeness (QED) is 0.563. The van der Waals surface area contributed by atoms with Gasteiger partial charge in [-0.25, -0.2) is 13.8 Å². The SMILES string of the molecule is CC1(C)OB(c2ccnc3ccc(N4CCCC4c4cc(F)ccc4F)nc23)OC1(C)C. The second-order valence-corrected chi connectivity index (χ2v) is 9.54. The van der Waals surface area contributed by atoms with Crippen LogP contribution >= 0.6 is 0 Å². The van der Waals surface area contributed by atoms with Crippen LogP contribution in [0.25, 0.3) is 11.0 Å². The lowest BCUT2D eigenvalue weighted by Crippen LogP contribution is -2.41. The van der Waals surface area contributed by atoms with Crippen LogP contribution in [-0.2, 0) is 9.31 Å². The first-order chi connectivity index (χ1) is 15.2. The number of pyridine rings is 2. The Morgan fingerprint density at radius 1 is 1.03 bits per heavy atom. The minimum Gasteiger partial charge on any atom is -0.399 e. The fraction of sp³-hybridized carbons (Fsp3) is 0.417. The highest BCUT2D eigenvalue weighted by molar-refractivity contribution is 6.64. The first kappa shape index (κ1) is 21.3. The zero-order chi connectivity index (χ0) is 22.7. The van der Waals surface area contributed by atoms with E-state index in [0.717, 1.165) is 29.9 Å². The van der Waals surface area contributed by atoms with Gasteiger partial charge in [0, 0.05) is 23.8 Å². The first-order valence-electron chi connectivity index (χ1n) is 11.0. The summed E-state index contributed by atoms with van der Waals surface area (Å²) < 4.78 is 40.9. The van der Waals surface area contributed by atoms with Gasteiger partial charge in [0.1, 0.15) is 17.5 Å². The van der Waals surface area contributed by atoms with E-state index in [4.69, 9.17) is 14.3 Å². The fourth-order valence-electron chi connectivity index (χ4n) is 4.49. The van der Waals surface area contributed by atoms with Gasteiger partial charge < -0.3 is 14.2 Å². The van der Waals surface area contributed by atoms with Crippen molar-refractivity contribution in [1.82, 2.24) is 9.97 Å². The Hall–Kier alpha value is -2.58. The Labute approximate surface area is 186 Å². The van der Waals surface area contributed by atoms with Crippen molar-refractivity contribution in [1.29, 1.82) is 0 Å². The Balaban J connectivity index is 1.55. The van der Waals surface area contributed by atoms with Crippen molar-refractivity contribution < 1.29 is 18.1 Å². The molecule has 0 saturated carbocycles. The van der Waals surface area contributed by atoms with Crippen LogP contribution in [0.1, 0.15) is 52.1 Å². The van der Waals surface area contributed by atoms with Gasteiger partial charge in [-0.15, -0.1) is 0 Å². The standard InChI is InChI=1S/C24H26BF2N3O2/c1-23(2)24(3,4)32-25(31-23)17-11-12-28-19-9-10-21(29-22(17)19)30-13-5-6-20(30)16-14-15(26)7-8-18(16)27/h7-12,14,20H,5-6,13H2,1-4H3. The van der Waals surface area contributed by atoms with Crippen LogP contribution in [0.4, 0.5) is 14.6 Å². The molecule has 5 rings (SSSR count). The predicted octanol–water partition coefficient (Wildman–Crippen LogP) is 4.55. The van der Waals surface area contributed by atoms with Gasteiger partial charge in [0.2, 0.25) is 0 Å². The van der Waals surface area contributed by atoms with Crippen molar-refractivity contribution in [3.8, 4) is 0 Å². The van der Waals surface area contributed by atoms with E-state index < -0.39 is 30.0 Å². The van der Waals surface area contributed by atoms with E-state index in [9.17, 15) is 8.78 Å². The second-order valence-electron chi connectivity index (χ2n) is 9.54. The molecule has 1 unspecified atom stereocenters. The number of hydrogen-bond acceptors (Lipinski definition) is 5. The molecule has 3 aromatic rings. The molecule has 166 valence electrons. The molecule has 0 bridgehead atoms. The van der Waals surface area contributed by atoms with Gasteiger partial charge in [-0.1, -0.05) is 0 Å². The average Bonchev–Trinajstić information content (AvgIpc) is 3.31. The Kier molecular flexibility index (Phi) is 4.98. The highest BCUT2D eigenvalue weighted by Gasteiger charge is 2.52. The molecule has 2 fully saturated rings. The van der Waals surface area contributed by atoms with E-state index in [-0.39, 0.29) is 6.04 Å². The monoisotopic (exact) mass is 437 g/mol. The minimum atomic E-state index is -0.566. The summed E-state index contributed by atoms with van der Waals surface area (Å²) in [6.07, 6.45) is 3.33. The molecule has 0 aliphatic carbocycles. The third-order valence-corrected chi connectivity index (χ3v) is 6.97. The molecule has 1 atom stereocenters. The average molecular weight is 437 g/mol. The van der Waals surface area contributed by atoms with Crippen LogP contribution in [-0.4, -0.2) is 34.8 Å². The summed E-state index contributed by atoms with van der Waals surface area (Å²) >= 11 is 0. The number of rotatable bonds is 3. The maximum Gasteiger partial charge on any atom is 0.497 e. The van der Waals surface area contributed by atoms with E-state index in [1.807, 2.05) is 50.8 Å². The maximum absolute atomic E-state index is 14.5. The van der Waals surface area contributed by atoms with Crippen molar-refractivity contribution in [2.75, 3.05) is 11.4 Å². The summed E-state index contributed by atoms with van der Waals surface area (Å²) in [5.74, 6) is -0.134. The third kappa shape index (κ3) is 3.46. The zero-order valence-electron chi connectivity index (χ0n) is 18.7. The van der Waals surface area contributed by atoms with E-state index in [1.54, 1.807) is 6.20 Å². The van der Waals surface area contributed by atoms with E-state index in [2.05, 4.69) is 4.98 Å². The molecule has 0 spiro atoms. The topological polar surface area (TPSA) is 47.5 Å². The number of aromatic nitrogens is 2. The molecular formula is C24H26BF2N3O2. The van der Waals surface area contributed by atoms with Gasteiger partial charge in [-0.05, 0) is 76.9 Å². The van der Waals surface area contributed by atoms with Crippen molar-refractivity contribution in [3.63, 3.8) is 0 Å². The summed E-state index contributed by atoms with van der Waals surface area (Å²) in [6.45, 7) is 8.76. The van der Waals surface area contributed by atoms with E-state index in [0.29, 0.717) is 23.4 Å². The number of fused-ring (bicyclic) bond motifs is 1. The van der Waals surface area contributed by atoms with Crippen LogP contribution < -0.4 is 10.4 Å². The van der Waals surface area contributed by atoms with E-state index in [1.165, 1.54) is 12.1 Å². The molecule has 1 aromatic carbocycles. The summed E-state index contributed by atoms with van der Waals surface area (Å²) in [5.41, 5.74) is 1.65.